The second kappa shape index (κ2) is 10.9. The van der Waals surface area contributed by atoms with Crippen molar-refractivity contribution in [2.45, 2.75) is 79.7 Å². The van der Waals surface area contributed by atoms with Crippen LogP contribution in [0.15, 0.2) is 77.4 Å². The van der Waals surface area contributed by atoms with Gasteiger partial charge in [-0.2, -0.15) is 0 Å². The fourth-order valence-electron chi connectivity index (χ4n) is 7.25. The van der Waals surface area contributed by atoms with E-state index < -0.39 is 5.54 Å². The van der Waals surface area contributed by atoms with E-state index >= 15 is 0 Å². The third-order valence-electron chi connectivity index (χ3n) is 10.1. The van der Waals surface area contributed by atoms with Crippen LogP contribution in [0.25, 0.3) is 0 Å². The maximum atomic E-state index is 13.6. The molecule has 1 spiro atoms. The van der Waals surface area contributed by atoms with Crippen molar-refractivity contribution in [3.8, 4) is 0 Å². The molecule has 1 aromatic carbocycles. The van der Waals surface area contributed by atoms with Gasteiger partial charge in [-0.05, 0) is 81.1 Å². The lowest BCUT2D eigenvalue weighted by Crippen LogP contribution is -2.56. The number of carbonyl (C=O) groups excluding carboxylic acids is 1. The third-order valence-corrected chi connectivity index (χ3v) is 11.0. The van der Waals surface area contributed by atoms with Crippen molar-refractivity contribution in [2.24, 2.45) is 5.92 Å². The average molecular weight is 567 g/mol. The quantitative estimate of drug-likeness (QED) is 0.401. The molecule has 1 aromatic rings. The summed E-state index contributed by atoms with van der Waals surface area (Å²) < 4.78 is 0. The highest BCUT2D eigenvalue weighted by Crippen LogP contribution is 2.48. The molecule has 6 rings (SSSR count). The molecule has 1 saturated carbocycles. The molecule has 39 heavy (non-hydrogen) atoms. The lowest BCUT2D eigenvalue weighted by molar-refractivity contribution is 0.0607. The van der Waals surface area contributed by atoms with Gasteiger partial charge < -0.3 is 15.1 Å². The minimum atomic E-state index is -0.508. The number of amides is 1. The van der Waals surface area contributed by atoms with Crippen molar-refractivity contribution < 1.29 is 4.79 Å². The monoisotopic (exact) mass is 565 g/mol. The van der Waals surface area contributed by atoms with E-state index in [0.29, 0.717) is 11.6 Å². The van der Waals surface area contributed by atoms with Gasteiger partial charge in [-0.1, -0.05) is 54.2 Å². The molecule has 208 valence electrons. The number of hydrogen-bond donors (Lipinski definition) is 1. The molecule has 3 aliphatic carbocycles. The largest absolute Gasteiger partial charge is 0.332 e. The molecule has 6 heteroatoms. The first kappa shape index (κ1) is 27.3. The zero-order valence-electron chi connectivity index (χ0n) is 23.2. The summed E-state index contributed by atoms with van der Waals surface area (Å²) in [5.41, 5.74) is 4.73. The van der Waals surface area contributed by atoms with E-state index in [1.54, 1.807) is 11.1 Å². The summed E-state index contributed by atoms with van der Waals surface area (Å²) in [6.07, 6.45) is 19.1. The maximum Gasteiger partial charge on any atom is 0.254 e. The Morgan fingerprint density at radius 1 is 1.15 bits per heavy atom. The van der Waals surface area contributed by atoms with E-state index in [4.69, 9.17) is 23.2 Å². The number of nitrogens with zero attached hydrogens (tertiary/aromatic N) is 2. The molecule has 0 radical (unpaired) electrons. The van der Waals surface area contributed by atoms with Gasteiger partial charge in [0.25, 0.3) is 5.91 Å². The number of alkyl halides is 2. The SMILES string of the molecule is CN(C(=O)c1ccccc1)[C@@](C)(CCN1CCC2(CC1)NC1CC1CC1=C2C=CCC1)C1=CC(Cl)C(Cl)C=C1. The van der Waals surface area contributed by atoms with Gasteiger partial charge in [0, 0.05) is 43.8 Å². The van der Waals surface area contributed by atoms with Crippen LogP contribution in [0.5, 0.6) is 0 Å². The molecule has 1 N–H and O–H groups in total. The average Bonchev–Trinajstić information content (AvgIpc) is 3.71. The van der Waals surface area contributed by atoms with E-state index in [2.05, 4.69) is 35.4 Å². The van der Waals surface area contributed by atoms with E-state index in [-0.39, 0.29) is 22.2 Å². The minimum absolute atomic E-state index is 0.0225. The molecule has 0 aromatic heterocycles. The van der Waals surface area contributed by atoms with Gasteiger partial charge in [0.05, 0.1) is 16.3 Å². The first-order valence-electron chi connectivity index (χ1n) is 14.7. The molecule has 4 unspecified atom stereocenters. The van der Waals surface area contributed by atoms with Gasteiger partial charge in [-0.25, -0.2) is 0 Å². The second-order valence-electron chi connectivity index (χ2n) is 12.5. The number of carbonyl (C=O) groups is 1. The van der Waals surface area contributed by atoms with Crippen molar-refractivity contribution >= 4 is 29.1 Å². The Kier molecular flexibility index (Phi) is 7.60. The zero-order valence-corrected chi connectivity index (χ0v) is 24.7. The molecule has 2 aliphatic heterocycles. The molecule has 5 aliphatic rings. The molecule has 2 fully saturated rings. The lowest BCUT2D eigenvalue weighted by atomic mass is 9.75. The van der Waals surface area contributed by atoms with Crippen LogP contribution >= 0.6 is 23.2 Å². The second-order valence-corrected chi connectivity index (χ2v) is 13.5. The Labute approximate surface area is 243 Å². The van der Waals surface area contributed by atoms with Crippen LogP contribution in [-0.4, -0.2) is 70.3 Å². The smallest absolute Gasteiger partial charge is 0.254 e. The summed E-state index contributed by atoms with van der Waals surface area (Å²) in [5.74, 6) is 0.877. The predicted octanol–water partition coefficient (Wildman–Crippen LogP) is 6.48. The first-order valence-corrected chi connectivity index (χ1v) is 15.6. The molecule has 5 atom stereocenters. The van der Waals surface area contributed by atoms with Crippen molar-refractivity contribution in [1.82, 2.24) is 15.1 Å². The van der Waals surface area contributed by atoms with Crippen molar-refractivity contribution in [2.75, 3.05) is 26.7 Å². The van der Waals surface area contributed by atoms with Crippen molar-refractivity contribution in [3.05, 3.63) is 83.0 Å². The highest BCUT2D eigenvalue weighted by molar-refractivity contribution is 6.32. The van der Waals surface area contributed by atoms with Gasteiger partial charge in [0.1, 0.15) is 0 Å². The number of hydrogen-bond acceptors (Lipinski definition) is 3. The highest BCUT2D eigenvalue weighted by atomic mass is 35.5. The normalized spacial score (nSPS) is 31.1. The number of rotatable bonds is 6. The van der Waals surface area contributed by atoms with Crippen molar-refractivity contribution in [3.63, 3.8) is 0 Å². The van der Waals surface area contributed by atoms with Crippen LogP contribution in [0.1, 0.15) is 62.2 Å². The molecule has 0 bridgehead atoms. The maximum absolute atomic E-state index is 13.6. The first-order chi connectivity index (χ1) is 18.8. The number of likely N-dealkylation sites (tertiary alicyclic amines) is 1. The van der Waals surface area contributed by atoms with E-state index in [0.717, 1.165) is 50.4 Å². The Morgan fingerprint density at radius 2 is 1.92 bits per heavy atom. The molecule has 2 heterocycles. The lowest BCUT2D eigenvalue weighted by Gasteiger charge is -2.46. The summed E-state index contributed by atoms with van der Waals surface area (Å²) in [6.45, 7) is 5.24. The van der Waals surface area contributed by atoms with Crippen LogP contribution in [0.3, 0.4) is 0 Å². The summed E-state index contributed by atoms with van der Waals surface area (Å²) in [5, 5.41) is 3.61. The molecule has 1 saturated heterocycles. The zero-order chi connectivity index (χ0) is 27.2. The van der Waals surface area contributed by atoms with Gasteiger partial charge in [-0.3, -0.25) is 4.79 Å². The van der Waals surface area contributed by atoms with Gasteiger partial charge in [0.15, 0.2) is 0 Å². The number of allylic oxidation sites excluding steroid dienone is 4. The van der Waals surface area contributed by atoms with Gasteiger partial charge in [-0.15, -0.1) is 23.2 Å². The Morgan fingerprint density at radius 3 is 2.67 bits per heavy atom. The molecule has 4 nitrogen and oxygen atoms in total. The fourth-order valence-corrected chi connectivity index (χ4v) is 7.62. The fraction of sp³-hybridized carbons (Fsp3) is 0.545. The summed E-state index contributed by atoms with van der Waals surface area (Å²) >= 11 is 13.0. The highest BCUT2D eigenvalue weighted by Gasteiger charge is 2.49. The van der Waals surface area contributed by atoms with E-state index in [1.165, 1.54) is 25.7 Å². The van der Waals surface area contributed by atoms with Crippen LogP contribution < -0.4 is 5.32 Å². The summed E-state index contributed by atoms with van der Waals surface area (Å²) in [7, 11) is 1.93. The Hall–Kier alpha value is -1.85. The minimum Gasteiger partial charge on any atom is -0.332 e. The van der Waals surface area contributed by atoms with Crippen LogP contribution in [0.4, 0.5) is 0 Å². The number of likely N-dealkylation sites (N-methyl/N-ethyl adjacent to an activating group) is 1. The van der Waals surface area contributed by atoms with Gasteiger partial charge >= 0.3 is 0 Å². The molecular formula is C33H41Cl2N3O. The van der Waals surface area contributed by atoms with Crippen LogP contribution in [0, 0.1) is 5.92 Å². The Balaban J connectivity index is 1.19. The number of nitrogens with one attached hydrogen (secondary N) is 1. The van der Waals surface area contributed by atoms with E-state index in [9.17, 15) is 4.79 Å². The standard InChI is InChI=1S/C33H41Cl2N3O/c1-32(26-12-13-28(34)29(35)22-26,37(2)31(39)23-8-4-3-5-9-23)14-17-38-18-15-33(16-19-38)27-11-7-6-10-24(27)20-25-21-30(25)36-33/h3-5,7-9,11-13,22,25,28-30,36H,6,10,14-21H2,1-2H3/t25?,28?,29?,30?,32-/m0/s1. The van der Waals surface area contributed by atoms with Gasteiger partial charge in [0.2, 0.25) is 0 Å². The molecular weight excluding hydrogens is 525 g/mol. The van der Waals surface area contributed by atoms with Crippen molar-refractivity contribution in [1.29, 1.82) is 0 Å². The number of piperidine rings is 1. The number of benzene rings is 1. The third kappa shape index (κ3) is 5.30. The van der Waals surface area contributed by atoms with Crippen LogP contribution in [-0.2, 0) is 0 Å². The molecule has 1 amide bonds. The van der Waals surface area contributed by atoms with E-state index in [1.807, 2.05) is 54.4 Å². The predicted molar refractivity (Wildman–Crippen MR) is 162 cm³/mol. The summed E-state index contributed by atoms with van der Waals surface area (Å²) in [6, 6.07) is 10.3. The topological polar surface area (TPSA) is 35.6 Å². The number of fused-ring (bicyclic) bond motifs is 2. The Bertz CT molecular complexity index is 1210. The van der Waals surface area contributed by atoms with Crippen LogP contribution in [0.2, 0.25) is 0 Å². The number of halogens is 2. The summed E-state index contributed by atoms with van der Waals surface area (Å²) in [4.78, 5) is 18.1.